The molecule has 0 spiro atoms. The third-order valence-electron chi connectivity index (χ3n) is 2.86. The van der Waals surface area contributed by atoms with Gasteiger partial charge in [-0.1, -0.05) is 6.92 Å². The Bertz CT molecular complexity index is 120. The zero-order valence-corrected chi connectivity index (χ0v) is 7.36. The summed E-state index contributed by atoms with van der Waals surface area (Å²) in [7, 11) is 0. The Morgan fingerprint density at radius 1 is 1.30 bits per heavy atom. The molecule has 2 atom stereocenters. The molecule has 1 heterocycles. The van der Waals surface area contributed by atoms with E-state index in [2.05, 4.69) is 38.3 Å². The van der Waals surface area contributed by atoms with E-state index in [0.29, 0.717) is 17.5 Å². The van der Waals surface area contributed by atoms with E-state index < -0.39 is 0 Å². The lowest BCUT2D eigenvalue weighted by atomic mass is 9.82. The summed E-state index contributed by atoms with van der Waals surface area (Å²) in [5.74, 6) is 0.696. The summed E-state index contributed by atoms with van der Waals surface area (Å²) in [6.07, 6.45) is 0. The van der Waals surface area contributed by atoms with E-state index in [0.717, 1.165) is 6.67 Å². The minimum atomic E-state index is 0.296. The highest BCUT2D eigenvalue weighted by atomic mass is 15.2. The van der Waals surface area contributed by atoms with Crippen LogP contribution in [0.5, 0.6) is 0 Å². The third kappa shape index (κ3) is 1.32. The van der Waals surface area contributed by atoms with Gasteiger partial charge in [-0.3, -0.25) is 5.32 Å². The molecule has 0 aliphatic carbocycles. The second kappa shape index (κ2) is 2.51. The maximum absolute atomic E-state index is 3.43. The van der Waals surface area contributed by atoms with E-state index in [-0.39, 0.29) is 0 Å². The summed E-state index contributed by atoms with van der Waals surface area (Å²) in [5.41, 5.74) is 0.296. The average Bonchev–Trinajstić information content (AvgIpc) is 1.83. The molecule has 1 aliphatic heterocycles. The van der Waals surface area contributed by atoms with Gasteiger partial charge in [0, 0.05) is 18.2 Å². The summed E-state index contributed by atoms with van der Waals surface area (Å²) in [6.45, 7) is 9.99. The molecule has 0 aromatic heterocycles. The summed E-state index contributed by atoms with van der Waals surface area (Å²) in [4.78, 5) is 0. The van der Waals surface area contributed by atoms with Gasteiger partial charge in [-0.05, 0) is 26.7 Å². The molecule has 2 N–H and O–H groups in total. The van der Waals surface area contributed by atoms with Gasteiger partial charge in [0.05, 0.1) is 0 Å². The Hall–Kier alpha value is -0.0800. The number of hydrogen-bond acceptors (Lipinski definition) is 2. The molecule has 60 valence electrons. The van der Waals surface area contributed by atoms with Gasteiger partial charge in [-0.2, -0.15) is 0 Å². The molecule has 1 saturated heterocycles. The number of rotatable bonds is 0. The molecule has 1 fully saturated rings. The van der Waals surface area contributed by atoms with E-state index >= 15 is 0 Å². The molecular weight excluding hydrogens is 124 g/mol. The smallest absolute Gasteiger partial charge is 0.0460 e. The molecule has 1 aliphatic rings. The van der Waals surface area contributed by atoms with Crippen LogP contribution >= 0.6 is 0 Å². The van der Waals surface area contributed by atoms with Gasteiger partial charge in [-0.15, -0.1) is 0 Å². The molecule has 1 rings (SSSR count). The highest BCUT2D eigenvalue weighted by Gasteiger charge is 2.32. The van der Waals surface area contributed by atoms with Crippen molar-refractivity contribution in [2.24, 2.45) is 5.92 Å². The quantitative estimate of drug-likeness (QED) is 0.526. The fourth-order valence-electron chi connectivity index (χ4n) is 1.40. The highest BCUT2D eigenvalue weighted by molar-refractivity contribution is 4.92. The predicted molar refractivity (Wildman–Crippen MR) is 43.8 cm³/mol. The molecule has 0 saturated carbocycles. The SMILES string of the molecule is CC1NCNC(C)(C)C1C. The molecule has 0 aromatic rings. The van der Waals surface area contributed by atoms with Crippen molar-refractivity contribution in [3.8, 4) is 0 Å². The third-order valence-corrected chi connectivity index (χ3v) is 2.86. The second-order valence-corrected chi connectivity index (χ2v) is 3.86. The van der Waals surface area contributed by atoms with Crippen molar-refractivity contribution in [3.63, 3.8) is 0 Å². The largest absolute Gasteiger partial charge is 0.302 e. The van der Waals surface area contributed by atoms with E-state index in [9.17, 15) is 0 Å². The Morgan fingerprint density at radius 3 is 2.30 bits per heavy atom. The lowest BCUT2D eigenvalue weighted by Crippen LogP contribution is -2.61. The van der Waals surface area contributed by atoms with E-state index in [1.807, 2.05) is 0 Å². The van der Waals surface area contributed by atoms with Crippen LogP contribution in [0.1, 0.15) is 27.7 Å². The van der Waals surface area contributed by atoms with Crippen molar-refractivity contribution in [2.75, 3.05) is 6.67 Å². The standard InChI is InChI=1S/C8H18N2/c1-6-7(2)9-5-10-8(6,3)4/h6-7,9-10H,5H2,1-4H3. The summed E-state index contributed by atoms with van der Waals surface area (Å²) < 4.78 is 0. The zero-order chi connectivity index (χ0) is 7.78. The fraction of sp³-hybridized carbons (Fsp3) is 1.00. The molecule has 2 nitrogen and oxygen atoms in total. The zero-order valence-electron chi connectivity index (χ0n) is 7.36. The van der Waals surface area contributed by atoms with Crippen LogP contribution in [0.4, 0.5) is 0 Å². The van der Waals surface area contributed by atoms with Crippen LogP contribution in [-0.2, 0) is 0 Å². The monoisotopic (exact) mass is 142 g/mol. The van der Waals surface area contributed by atoms with Crippen LogP contribution in [0.15, 0.2) is 0 Å². The first kappa shape index (κ1) is 8.02. The molecule has 2 unspecified atom stereocenters. The van der Waals surface area contributed by atoms with Gasteiger partial charge in [-0.25, -0.2) is 0 Å². The van der Waals surface area contributed by atoms with Crippen molar-refractivity contribution in [2.45, 2.75) is 39.3 Å². The van der Waals surface area contributed by atoms with Gasteiger partial charge in [0.1, 0.15) is 0 Å². The maximum atomic E-state index is 3.43. The van der Waals surface area contributed by atoms with Crippen molar-refractivity contribution in [3.05, 3.63) is 0 Å². The van der Waals surface area contributed by atoms with Gasteiger partial charge < -0.3 is 5.32 Å². The van der Waals surface area contributed by atoms with Crippen molar-refractivity contribution < 1.29 is 0 Å². The highest BCUT2D eigenvalue weighted by Crippen LogP contribution is 2.21. The normalized spacial score (nSPS) is 39.6. The summed E-state index contributed by atoms with van der Waals surface area (Å²) >= 11 is 0. The fourth-order valence-corrected chi connectivity index (χ4v) is 1.40. The van der Waals surface area contributed by atoms with Crippen LogP contribution in [0, 0.1) is 5.92 Å². The molecule has 10 heavy (non-hydrogen) atoms. The van der Waals surface area contributed by atoms with Crippen LogP contribution < -0.4 is 10.6 Å². The maximum Gasteiger partial charge on any atom is 0.0460 e. The Balaban J connectivity index is 2.60. The van der Waals surface area contributed by atoms with E-state index in [4.69, 9.17) is 0 Å². The van der Waals surface area contributed by atoms with Gasteiger partial charge in [0.15, 0.2) is 0 Å². The van der Waals surface area contributed by atoms with E-state index in [1.165, 1.54) is 0 Å². The van der Waals surface area contributed by atoms with Gasteiger partial charge in [0.25, 0.3) is 0 Å². The Labute approximate surface area is 63.4 Å². The molecule has 0 bridgehead atoms. The first-order valence-corrected chi connectivity index (χ1v) is 4.02. The summed E-state index contributed by atoms with van der Waals surface area (Å²) in [6, 6.07) is 0.635. The molecular formula is C8H18N2. The van der Waals surface area contributed by atoms with Crippen molar-refractivity contribution in [1.29, 1.82) is 0 Å². The van der Waals surface area contributed by atoms with Crippen LogP contribution in [0.25, 0.3) is 0 Å². The van der Waals surface area contributed by atoms with Crippen LogP contribution in [0.3, 0.4) is 0 Å². The van der Waals surface area contributed by atoms with Crippen LogP contribution in [0.2, 0.25) is 0 Å². The number of hydrogen-bond donors (Lipinski definition) is 2. The number of nitrogens with one attached hydrogen (secondary N) is 2. The molecule has 0 aromatic carbocycles. The Kier molecular flexibility index (Phi) is 2.02. The topological polar surface area (TPSA) is 24.1 Å². The lowest BCUT2D eigenvalue weighted by molar-refractivity contribution is 0.165. The first-order chi connectivity index (χ1) is 4.54. The lowest BCUT2D eigenvalue weighted by Gasteiger charge is -2.42. The van der Waals surface area contributed by atoms with Crippen molar-refractivity contribution >= 4 is 0 Å². The minimum Gasteiger partial charge on any atom is -0.302 e. The van der Waals surface area contributed by atoms with Crippen LogP contribution in [-0.4, -0.2) is 18.2 Å². The molecule has 0 amide bonds. The predicted octanol–water partition coefficient (Wildman–Crippen LogP) is 0.940. The average molecular weight is 142 g/mol. The molecule has 2 heteroatoms. The van der Waals surface area contributed by atoms with E-state index in [1.54, 1.807) is 0 Å². The van der Waals surface area contributed by atoms with Gasteiger partial charge >= 0.3 is 0 Å². The first-order valence-electron chi connectivity index (χ1n) is 4.02. The van der Waals surface area contributed by atoms with Crippen molar-refractivity contribution in [1.82, 2.24) is 10.6 Å². The second-order valence-electron chi connectivity index (χ2n) is 3.86. The summed E-state index contributed by atoms with van der Waals surface area (Å²) in [5, 5.41) is 6.80. The minimum absolute atomic E-state index is 0.296. The van der Waals surface area contributed by atoms with Gasteiger partial charge in [0.2, 0.25) is 0 Å². The molecule has 0 radical (unpaired) electrons. The Morgan fingerprint density at radius 2 is 1.90 bits per heavy atom.